The number of anilines is 1. The third-order valence-corrected chi connectivity index (χ3v) is 5.63. The van der Waals surface area contributed by atoms with Gasteiger partial charge in [0, 0.05) is 6.61 Å². The number of methoxy groups -OCH3 is 1. The number of rotatable bonds is 5. The van der Waals surface area contributed by atoms with Gasteiger partial charge in [0.1, 0.15) is 17.1 Å². The highest BCUT2D eigenvalue weighted by Crippen LogP contribution is 2.33. The van der Waals surface area contributed by atoms with Gasteiger partial charge in [-0.05, 0) is 37.1 Å². The van der Waals surface area contributed by atoms with Crippen LogP contribution in [0.25, 0.3) is 10.2 Å². The molecule has 2 heterocycles. The van der Waals surface area contributed by atoms with Crippen molar-refractivity contribution in [1.29, 1.82) is 0 Å². The third-order valence-electron chi connectivity index (χ3n) is 4.58. The first-order valence-corrected chi connectivity index (χ1v) is 9.60. The predicted octanol–water partition coefficient (Wildman–Crippen LogP) is 4.27. The van der Waals surface area contributed by atoms with E-state index in [1.807, 2.05) is 6.07 Å². The lowest BCUT2D eigenvalue weighted by atomic mass is 10.1. The normalized spacial score (nSPS) is 16.6. The highest BCUT2D eigenvalue weighted by molar-refractivity contribution is 7.22. The molecule has 140 valence electrons. The van der Waals surface area contributed by atoms with Gasteiger partial charge in [0.05, 0.1) is 30.0 Å². The van der Waals surface area contributed by atoms with Crippen molar-refractivity contribution in [2.75, 3.05) is 25.2 Å². The van der Waals surface area contributed by atoms with Crippen LogP contribution in [0, 0.1) is 5.82 Å². The second-order valence-electron chi connectivity index (χ2n) is 6.33. The Morgan fingerprint density at radius 2 is 2.19 bits per heavy atom. The zero-order valence-electron chi connectivity index (χ0n) is 14.9. The molecular formula is C20H19FN2O3S. The van der Waals surface area contributed by atoms with Gasteiger partial charge in [0.25, 0.3) is 5.91 Å². The number of aromatic nitrogens is 1. The number of para-hydroxylation sites is 2. The van der Waals surface area contributed by atoms with Gasteiger partial charge < -0.3 is 9.47 Å². The molecular weight excluding hydrogens is 367 g/mol. The maximum absolute atomic E-state index is 14.1. The summed E-state index contributed by atoms with van der Waals surface area (Å²) in [7, 11) is 1.53. The number of hydrogen-bond donors (Lipinski definition) is 0. The van der Waals surface area contributed by atoms with Crippen molar-refractivity contribution in [2.24, 2.45) is 0 Å². The van der Waals surface area contributed by atoms with Gasteiger partial charge in [0.15, 0.2) is 5.13 Å². The van der Waals surface area contributed by atoms with Crippen LogP contribution < -0.4 is 9.64 Å². The topological polar surface area (TPSA) is 51.7 Å². The number of carbonyl (C=O) groups excluding carboxylic acids is 1. The van der Waals surface area contributed by atoms with Crippen LogP contribution in [0.3, 0.4) is 0 Å². The molecule has 1 aromatic heterocycles. The zero-order chi connectivity index (χ0) is 18.8. The summed E-state index contributed by atoms with van der Waals surface area (Å²) in [5.41, 5.74) is 0.723. The van der Waals surface area contributed by atoms with Crippen LogP contribution >= 0.6 is 11.3 Å². The van der Waals surface area contributed by atoms with Gasteiger partial charge in [-0.15, -0.1) is 0 Å². The van der Waals surface area contributed by atoms with E-state index in [0.717, 1.165) is 12.8 Å². The molecule has 0 N–H and O–H groups in total. The summed E-state index contributed by atoms with van der Waals surface area (Å²) in [5, 5.41) is 0.460. The summed E-state index contributed by atoms with van der Waals surface area (Å²) < 4.78 is 25.9. The fraction of sp³-hybridized carbons (Fsp3) is 0.300. The molecule has 1 saturated heterocycles. The first kappa shape index (κ1) is 17.9. The predicted molar refractivity (Wildman–Crippen MR) is 103 cm³/mol. The Morgan fingerprint density at radius 3 is 2.93 bits per heavy atom. The van der Waals surface area contributed by atoms with Gasteiger partial charge >= 0.3 is 0 Å². The van der Waals surface area contributed by atoms with E-state index in [1.165, 1.54) is 24.5 Å². The second-order valence-corrected chi connectivity index (χ2v) is 7.34. The minimum atomic E-state index is -0.392. The molecule has 1 atom stereocenters. The maximum Gasteiger partial charge on any atom is 0.263 e. The summed E-state index contributed by atoms with van der Waals surface area (Å²) in [6, 6.07) is 11.9. The van der Waals surface area contributed by atoms with E-state index in [0.29, 0.717) is 34.3 Å². The van der Waals surface area contributed by atoms with Crippen LogP contribution in [0.1, 0.15) is 23.2 Å². The molecule has 2 aromatic carbocycles. The van der Waals surface area contributed by atoms with E-state index in [-0.39, 0.29) is 17.5 Å². The molecule has 0 aliphatic carbocycles. The van der Waals surface area contributed by atoms with Gasteiger partial charge in [-0.25, -0.2) is 9.37 Å². The number of amides is 1. The quantitative estimate of drug-likeness (QED) is 0.657. The third kappa shape index (κ3) is 3.52. The standard InChI is InChI=1S/C20H19FN2O3S/c1-25-16-9-3-2-7-14(16)19(24)23(12-13-6-5-11-26-13)20-22-18-15(21)8-4-10-17(18)27-20/h2-4,7-10,13H,5-6,11-12H2,1H3. The molecule has 1 fully saturated rings. The number of nitrogens with zero attached hydrogens (tertiary/aromatic N) is 2. The van der Waals surface area contributed by atoms with Crippen LogP contribution in [0.4, 0.5) is 9.52 Å². The molecule has 7 heteroatoms. The van der Waals surface area contributed by atoms with Crippen molar-refractivity contribution in [2.45, 2.75) is 18.9 Å². The first-order chi connectivity index (χ1) is 13.2. The minimum Gasteiger partial charge on any atom is -0.496 e. The Balaban J connectivity index is 1.75. The summed E-state index contributed by atoms with van der Waals surface area (Å²) in [6.45, 7) is 1.06. The lowest BCUT2D eigenvalue weighted by Gasteiger charge is -2.23. The number of carbonyl (C=O) groups is 1. The van der Waals surface area contributed by atoms with E-state index in [9.17, 15) is 9.18 Å². The Morgan fingerprint density at radius 1 is 1.33 bits per heavy atom. The fourth-order valence-corrected chi connectivity index (χ4v) is 4.21. The van der Waals surface area contributed by atoms with Crippen molar-refractivity contribution >= 4 is 32.6 Å². The van der Waals surface area contributed by atoms with Gasteiger partial charge in [0.2, 0.25) is 0 Å². The second kappa shape index (κ2) is 7.62. The van der Waals surface area contributed by atoms with Gasteiger partial charge in [-0.3, -0.25) is 9.69 Å². The number of fused-ring (bicyclic) bond motifs is 1. The van der Waals surface area contributed by atoms with Crippen molar-refractivity contribution in [1.82, 2.24) is 4.98 Å². The Kier molecular flexibility index (Phi) is 5.05. The molecule has 3 aromatic rings. The molecule has 0 bridgehead atoms. The Labute approximate surface area is 160 Å². The average Bonchev–Trinajstić information content (AvgIpc) is 3.35. The van der Waals surface area contributed by atoms with Crippen LogP contribution in [0.2, 0.25) is 0 Å². The van der Waals surface area contributed by atoms with E-state index >= 15 is 0 Å². The highest BCUT2D eigenvalue weighted by atomic mass is 32.1. The van der Waals surface area contributed by atoms with Crippen molar-refractivity contribution in [3.8, 4) is 5.75 Å². The number of benzene rings is 2. The lowest BCUT2D eigenvalue weighted by molar-refractivity contribution is 0.0915. The van der Waals surface area contributed by atoms with Crippen molar-refractivity contribution < 1.29 is 18.7 Å². The molecule has 0 saturated carbocycles. The smallest absolute Gasteiger partial charge is 0.263 e. The van der Waals surface area contributed by atoms with Gasteiger partial charge in [-0.1, -0.05) is 29.5 Å². The SMILES string of the molecule is COc1ccccc1C(=O)N(CC1CCCO1)c1nc2c(F)cccc2s1. The maximum atomic E-state index is 14.1. The molecule has 1 unspecified atom stereocenters. The zero-order valence-corrected chi connectivity index (χ0v) is 15.7. The molecule has 0 spiro atoms. The monoisotopic (exact) mass is 386 g/mol. The first-order valence-electron chi connectivity index (χ1n) is 8.79. The fourth-order valence-electron chi connectivity index (χ4n) is 3.23. The number of ether oxygens (including phenoxy) is 2. The summed E-state index contributed by atoms with van der Waals surface area (Å²) in [6.07, 6.45) is 1.80. The van der Waals surface area contributed by atoms with Crippen LogP contribution in [-0.4, -0.2) is 37.3 Å². The molecule has 1 aliphatic heterocycles. The number of halogens is 1. The van der Waals surface area contributed by atoms with Crippen molar-refractivity contribution in [3.63, 3.8) is 0 Å². The van der Waals surface area contributed by atoms with Crippen LogP contribution in [0.5, 0.6) is 5.75 Å². The van der Waals surface area contributed by atoms with E-state index in [1.54, 1.807) is 35.2 Å². The molecule has 1 aliphatic rings. The summed E-state index contributed by atoms with van der Waals surface area (Å²) >= 11 is 1.30. The summed E-state index contributed by atoms with van der Waals surface area (Å²) in [5.74, 6) is -0.133. The highest BCUT2D eigenvalue weighted by Gasteiger charge is 2.28. The van der Waals surface area contributed by atoms with Crippen LogP contribution in [0.15, 0.2) is 42.5 Å². The molecule has 27 heavy (non-hydrogen) atoms. The Bertz CT molecular complexity index is 969. The lowest BCUT2D eigenvalue weighted by Crippen LogP contribution is -2.37. The summed E-state index contributed by atoms with van der Waals surface area (Å²) in [4.78, 5) is 19.3. The molecule has 1 amide bonds. The molecule has 4 rings (SSSR count). The number of hydrogen-bond acceptors (Lipinski definition) is 5. The minimum absolute atomic E-state index is 0.0551. The van der Waals surface area contributed by atoms with Crippen molar-refractivity contribution in [3.05, 3.63) is 53.8 Å². The average molecular weight is 386 g/mol. The van der Waals surface area contributed by atoms with E-state index in [4.69, 9.17) is 9.47 Å². The number of thiazole rings is 1. The van der Waals surface area contributed by atoms with E-state index < -0.39 is 5.82 Å². The van der Waals surface area contributed by atoms with Gasteiger partial charge in [-0.2, -0.15) is 0 Å². The van der Waals surface area contributed by atoms with E-state index in [2.05, 4.69) is 4.98 Å². The molecule has 5 nitrogen and oxygen atoms in total. The largest absolute Gasteiger partial charge is 0.496 e. The Hall–Kier alpha value is -2.51. The van der Waals surface area contributed by atoms with Crippen LogP contribution in [-0.2, 0) is 4.74 Å². The molecule has 0 radical (unpaired) electrons.